The molecule has 0 spiro atoms. The molecule has 3 aromatic carbocycles. The molecular weight excluding hydrogens is 490 g/mol. The first-order valence-electron chi connectivity index (χ1n) is 10.4. The molecule has 6 nitrogen and oxygen atoms in total. The fraction of sp³-hybridized carbons (Fsp3) is 0.160. The van der Waals surface area contributed by atoms with Crippen molar-refractivity contribution < 1.29 is 14.3 Å². The third-order valence-corrected chi connectivity index (χ3v) is 7.22. The highest BCUT2D eigenvalue weighted by molar-refractivity contribution is 8.01. The highest BCUT2D eigenvalue weighted by Crippen LogP contribution is 2.36. The Morgan fingerprint density at radius 2 is 2.00 bits per heavy atom. The molecule has 0 atom stereocenters. The molecule has 1 amide bonds. The monoisotopic (exact) mass is 511 g/mol. The number of methoxy groups -OCH3 is 1. The lowest BCUT2D eigenvalue weighted by molar-refractivity contribution is -0.118. The van der Waals surface area contributed by atoms with E-state index < -0.39 is 0 Å². The number of aromatic nitrogens is 1. The molecule has 4 aromatic rings. The number of ether oxygens (including phenoxy) is 2. The van der Waals surface area contributed by atoms with Crippen LogP contribution in [0.3, 0.4) is 0 Å². The Hall–Kier alpha value is -3.07. The fourth-order valence-electron chi connectivity index (χ4n) is 3.05. The molecule has 1 heterocycles. The van der Waals surface area contributed by atoms with Gasteiger partial charge >= 0.3 is 0 Å². The van der Waals surface area contributed by atoms with E-state index in [4.69, 9.17) is 21.1 Å². The van der Waals surface area contributed by atoms with E-state index in [0.717, 1.165) is 20.1 Å². The molecule has 0 aliphatic carbocycles. The van der Waals surface area contributed by atoms with E-state index in [1.807, 2.05) is 55.5 Å². The van der Waals surface area contributed by atoms with Gasteiger partial charge in [0.1, 0.15) is 6.61 Å². The molecule has 1 aromatic heterocycles. The Balaban J connectivity index is 1.33. The summed E-state index contributed by atoms with van der Waals surface area (Å²) >= 11 is 9.38. The molecule has 0 aliphatic rings. The number of hydrogen-bond acceptors (Lipinski definition) is 7. The predicted octanol–water partition coefficient (Wildman–Crippen LogP) is 6.09. The molecule has 4 rings (SSSR count). The van der Waals surface area contributed by atoms with Crippen molar-refractivity contribution in [2.75, 3.05) is 12.9 Å². The van der Waals surface area contributed by atoms with E-state index in [2.05, 4.69) is 15.5 Å². The number of fused-ring (bicyclic) bond motifs is 1. The van der Waals surface area contributed by atoms with Gasteiger partial charge < -0.3 is 9.47 Å². The van der Waals surface area contributed by atoms with E-state index in [-0.39, 0.29) is 11.7 Å². The first-order chi connectivity index (χ1) is 16.5. The van der Waals surface area contributed by atoms with Crippen LogP contribution in [0.1, 0.15) is 16.7 Å². The third-order valence-electron chi connectivity index (χ3n) is 4.76. The van der Waals surface area contributed by atoms with Crippen LogP contribution in [0, 0.1) is 6.92 Å². The van der Waals surface area contributed by atoms with Crippen molar-refractivity contribution in [1.82, 2.24) is 10.4 Å². The van der Waals surface area contributed by atoms with E-state index in [0.29, 0.717) is 28.7 Å². The number of carbonyl (C=O) groups is 1. The van der Waals surface area contributed by atoms with Gasteiger partial charge in [-0.25, -0.2) is 10.4 Å². The van der Waals surface area contributed by atoms with Crippen LogP contribution < -0.4 is 14.9 Å². The minimum atomic E-state index is -0.225. The normalized spacial score (nSPS) is 11.1. The van der Waals surface area contributed by atoms with E-state index in [1.54, 1.807) is 30.6 Å². The van der Waals surface area contributed by atoms with E-state index >= 15 is 0 Å². The third kappa shape index (κ3) is 6.28. The number of nitrogens with zero attached hydrogens (tertiary/aromatic N) is 2. The fourth-order valence-corrected chi connectivity index (χ4v) is 5.18. The lowest BCUT2D eigenvalue weighted by Crippen LogP contribution is -2.19. The number of hydrazone groups is 1. The van der Waals surface area contributed by atoms with Crippen LogP contribution >= 0.6 is 34.7 Å². The highest BCUT2D eigenvalue weighted by Gasteiger charge is 2.12. The highest BCUT2D eigenvalue weighted by atomic mass is 35.5. The maximum Gasteiger partial charge on any atom is 0.250 e. The molecule has 0 bridgehead atoms. The Morgan fingerprint density at radius 3 is 2.76 bits per heavy atom. The summed E-state index contributed by atoms with van der Waals surface area (Å²) in [4.78, 5) is 16.7. The summed E-state index contributed by atoms with van der Waals surface area (Å²) in [7, 11) is 1.55. The van der Waals surface area contributed by atoms with Gasteiger partial charge in [0.2, 0.25) is 0 Å². The number of rotatable bonds is 9. The van der Waals surface area contributed by atoms with Gasteiger partial charge in [-0.2, -0.15) is 5.10 Å². The van der Waals surface area contributed by atoms with Crippen molar-refractivity contribution in [2.45, 2.75) is 17.9 Å². The number of halogens is 1. The minimum absolute atomic E-state index is 0.215. The van der Waals surface area contributed by atoms with Gasteiger partial charge in [-0.1, -0.05) is 65.3 Å². The van der Waals surface area contributed by atoms with E-state index in [9.17, 15) is 4.79 Å². The summed E-state index contributed by atoms with van der Waals surface area (Å²) < 4.78 is 13.3. The van der Waals surface area contributed by atoms with Crippen LogP contribution in [-0.2, 0) is 11.4 Å². The molecule has 0 saturated heterocycles. The first-order valence-corrected chi connectivity index (χ1v) is 12.6. The van der Waals surface area contributed by atoms with E-state index in [1.165, 1.54) is 23.5 Å². The Bertz CT molecular complexity index is 1290. The number of amides is 1. The molecule has 0 saturated carbocycles. The number of thioether (sulfide) groups is 1. The van der Waals surface area contributed by atoms with Crippen LogP contribution in [0.15, 0.2) is 70.1 Å². The minimum Gasteiger partial charge on any atom is -0.493 e. The number of benzene rings is 3. The number of aryl methyl sites for hydroxylation is 1. The molecule has 0 fully saturated rings. The second kappa shape index (κ2) is 11.4. The SMILES string of the molecule is COc1cc(/C=N\NC(=O)CSc2nc3ccccc3s2)cc(Cl)c1OCc1ccc(C)cc1. The number of thiazole rings is 1. The number of hydrogen-bond donors (Lipinski definition) is 1. The summed E-state index contributed by atoms with van der Waals surface area (Å²) in [5.74, 6) is 0.932. The number of para-hydroxylation sites is 1. The molecule has 34 heavy (non-hydrogen) atoms. The Labute approximate surface area is 211 Å². The maximum atomic E-state index is 12.2. The van der Waals surface area contributed by atoms with Gasteiger partial charge in [-0.15, -0.1) is 11.3 Å². The van der Waals surface area contributed by atoms with Crippen LogP contribution in [0.25, 0.3) is 10.2 Å². The summed E-state index contributed by atoms with van der Waals surface area (Å²) in [6.45, 7) is 2.40. The van der Waals surface area contributed by atoms with Crippen molar-refractivity contribution in [3.8, 4) is 11.5 Å². The van der Waals surface area contributed by atoms with Crippen LogP contribution in [-0.4, -0.2) is 30.0 Å². The van der Waals surface area contributed by atoms with Gasteiger partial charge in [0, 0.05) is 0 Å². The smallest absolute Gasteiger partial charge is 0.250 e. The van der Waals surface area contributed by atoms with Crippen molar-refractivity contribution >= 4 is 57.0 Å². The van der Waals surface area contributed by atoms with Gasteiger partial charge in [-0.3, -0.25) is 4.79 Å². The number of nitrogens with one attached hydrogen (secondary N) is 1. The quantitative estimate of drug-likeness (QED) is 0.167. The molecule has 0 unspecified atom stereocenters. The molecule has 9 heteroatoms. The summed E-state index contributed by atoms with van der Waals surface area (Å²) in [6, 6.07) is 19.4. The molecular formula is C25H22ClN3O3S2. The lowest BCUT2D eigenvalue weighted by atomic mass is 10.1. The molecule has 0 radical (unpaired) electrons. The van der Waals surface area contributed by atoms with Crippen LogP contribution in [0.2, 0.25) is 5.02 Å². The summed E-state index contributed by atoms with van der Waals surface area (Å²) in [6.07, 6.45) is 1.51. The molecule has 1 N–H and O–H groups in total. The second-order valence-electron chi connectivity index (χ2n) is 7.34. The zero-order chi connectivity index (χ0) is 23.9. The number of carbonyl (C=O) groups excluding carboxylic acids is 1. The second-order valence-corrected chi connectivity index (χ2v) is 10.00. The van der Waals surface area contributed by atoms with Gasteiger partial charge in [0.15, 0.2) is 15.8 Å². The van der Waals surface area contributed by atoms with Crippen LogP contribution in [0.5, 0.6) is 11.5 Å². The average molecular weight is 512 g/mol. The van der Waals surface area contributed by atoms with Crippen molar-refractivity contribution in [3.05, 3.63) is 82.4 Å². The molecule has 0 aliphatic heterocycles. The van der Waals surface area contributed by atoms with Gasteiger partial charge in [0.05, 0.1) is 34.3 Å². The molecule has 174 valence electrons. The predicted molar refractivity (Wildman–Crippen MR) is 140 cm³/mol. The topological polar surface area (TPSA) is 72.8 Å². The summed E-state index contributed by atoms with van der Waals surface area (Å²) in [5, 5.41) is 4.43. The zero-order valence-electron chi connectivity index (χ0n) is 18.6. The maximum absolute atomic E-state index is 12.2. The van der Waals surface area contributed by atoms with Crippen molar-refractivity contribution in [1.29, 1.82) is 0 Å². The lowest BCUT2D eigenvalue weighted by Gasteiger charge is -2.13. The Morgan fingerprint density at radius 1 is 1.21 bits per heavy atom. The van der Waals surface area contributed by atoms with Crippen LogP contribution in [0.4, 0.5) is 0 Å². The average Bonchev–Trinajstić information content (AvgIpc) is 3.26. The van der Waals surface area contributed by atoms with Crippen molar-refractivity contribution in [2.24, 2.45) is 5.10 Å². The largest absolute Gasteiger partial charge is 0.493 e. The first kappa shape index (κ1) is 24.1. The Kier molecular flexibility index (Phi) is 8.05. The van der Waals surface area contributed by atoms with Gasteiger partial charge in [-0.05, 0) is 42.3 Å². The summed E-state index contributed by atoms with van der Waals surface area (Å²) in [5.41, 5.74) is 6.35. The van der Waals surface area contributed by atoms with Crippen molar-refractivity contribution in [3.63, 3.8) is 0 Å². The van der Waals surface area contributed by atoms with Gasteiger partial charge in [0.25, 0.3) is 5.91 Å². The standard InChI is InChI=1S/C25H22ClN3O3S2/c1-16-7-9-17(10-8-16)14-32-24-19(26)11-18(12-21(24)31-2)13-27-29-23(30)15-33-25-28-20-5-3-4-6-22(20)34-25/h3-13H,14-15H2,1-2H3,(H,29,30)/b27-13-. The zero-order valence-corrected chi connectivity index (χ0v) is 21.0.